The SMILES string of the molecule is O=C(C=Cc1cn(Cc2ccccc2)nc1-c1cccnc1)N(Cc1ccco1)Cc1cccs1. The number of hydrogen-bond donors (Lipinski definition) is 0. The third-order valence-electron chi connectivity index (χ3n) is 5.48. The van der Waals surface area contributed by atoms with Gasteiger partial charge in [-0.25, -0.2) is 0 Å². The number of pyridine rings is 1. The molecule has 5 rings (SSSR count). The predicted octanol–water partition coefficient (Wildman–Crippen LogP) is 5.89. The number of rotatable bonds is 9. The Morgan fingerprint density at radius 1 is 1.03 bits per heavy atom. The first kappa shape index (κ1) is 22.6. The molecule has 0 aliphatic carbocycles. The van der Waals surface area contributed by atoms with Crippen LogP contribution in [-0.4, -0.2) is 25.6 Å². The van der Waals surface area contributed by atoms with Gasteiger partial charge in [0.15, 0.2) is 0 Å². The highest BCUT2D eigenvalue weighted by Gasteiger charge is 2.16. The van der Waals surface area contributed by atoms with Crippen LogP contribution in [0.2, 0.25) is 0 Å². The number of benzene rings is 1. The zero-order valence-electron chi connectivity index (χ0n) is 19.0. The molecule has 4 heterocycles. The zero-order chi connectivity index (χ0) is 23.9. The molecule has 0 spiro atoms. The summed E-state index contributed by atoms with van der Waals surface area (Å²) in [5, 5.41) is 6.82. The summed E-state index contributed by atoms with van der Waals surface area (Å²) in [6.07, 6.45) is 10.6. The summed E-state index contributed by atoms with van der Waals surface area (Å²) in [6.45, 7) is 1.56. The van der Waals surface area contributed by atoms with Crippen LogP contribution in [0.5, 0.6) is 0 Å². The van der Waals surface area contributed by atoms with Crippen LogP contribution in [0.15, 0.2) is 107 Å². The molecule has 4 aromatic heterocycles. The first-order valence-corrected chi connectivity index (χ1v) is 12.2. The van der Waals surface area contributed by atoms with Gasteiger partial charge in [-0.05, 0) is 47.4 Å². The molecule has 0 aliphatic heterocycles. The number of aromatic nitrogens is 3. The molecule has 0 fully saturated rings. The van der Waals surface area contributed by atoms with Gasteiger partial charge < -0.3 is 9.32 Å². The molecule has 5 aromatic rings. The van der Waals surface area contributed by atoms with Gasteiger partial charge in [0, 0.05) is 40.7 Å². The van der Waals surface area contributed by atoms with E-state index < -0.39 is 0 Å². The van der Waals surface area contributed by atoms with Gasteiger partial charge in [-0.2, -0.15) is 5.10 Å². The van der Waals surface area contributed by atoms with Gasteiger partial charge in [0.2, 0.25) is 5.91 Å². The first-order chi connectivity index (χ1) is 17.2. The van der Waals surface area contributed by atoms with E-state index in [0.717, 1.165) is 33.0 Å². The third kappa shape index (κ3) is 5.83. The van der Waals surface area contributed by atoms with Crippen molar-refractivity contribution in [3.63, 3.8) is 0 Å². The van der Waals surface area contributed by atoms with Gasteiger partial charge in [0.1, 0.15) is 11.5 Å². The minimum Gasteiger partial charge on any atom is -0.467 e. The molecule has 7 heteroatoms. The van der Waals surface area contributed by atoms with Gasteiger partial charge in [0.05, 0.1) is 25.9 Å². The van der Waals surface area contributed by atoms with E-state index in [-0.39, 0.29) is 5.91 Å². The average molecular weight is 481 g/mol. The normalized spacial score (nSPS) is 11.2. The largest absolute Gasteiger partial charge is 0.467 e. The van der Waals surface area contributed by atoms with Crippen LogP contribution in [0.1, 0.15) is 21.8 Å². The Morgan fingerprint density at radius 2 is 1.94 bits per heavy atom. The van der Waals surface area contributed by atoms with E-state index in [1.165, 1.54) is 0 Å². The summed E-state index contributed by atoms with van der Waals surface area (Å²) in [5.74, 6) is 0.651. The Kier molecular flexibility index (Phi) is 6.96. The van der Waals surface area contributed by atoms with Crippen LogP contribution in [0.25, 0.3) is 17.3 Å². The van der Waals surface area contributed by atoms with Crippen molar-refractivity contribution < 1.29 is 9.21 Å². The maximum Gasteiger partial charge on any atom is 0.247 e. The number of hydrogen-bond acceptors (Lipinski definition) is 5. The molecule has 0 N–H and O–H groups in total. The molecule has 0 unspecified atom stereocenters. The first-order valence-electron chi connectivity index (χ1n) is 11.3. The standard InChI is InChI=1S/C28H24N4O2S/c33-27(31(20-25-10-5-15-34-25)21-26-11-6-16-35-26)13-12-24-19-32(18-22-7-2-1-3-8-22)30-28(24)23-9-4-14-29-17-23/h1-17,19H,18,20-21H2. The van der Waals surface area contributed by atoms with E-state index in [4.69, 9.17) is 9.52 Å². The van der Waals surface area contributed by atoms with Crippen molar-refractivity contribution in [2.75, 3.05) is 0 Å². The highest BCUT2D eigenvalue weighted by atomic mass is 32.1. The fraction of sp³-hybridized carbons (Fsp3) is 0.107. The lowest BCUT2D eigenvalue weighted by Gasteiger charge is -2.19. The van der Waals surface area contributed by atoms with Crippen LogP contribution in [0.4, 0.5) is 0 Å². The molecular weight excluding hydrogens is 456 g/mol. The molecule has 0 saturated heterocycles. The fourth-order valence-electron chi connectivity index (χ4n) is 3.80. The quantitative estimate of drug-likeness (QED) is 0.247. The van der Waals surface area contributed by atoms with Crippen molar-refractivity contribution in [2.24, 2.45) is 0 Å². The second-order valence-electron chi connectivity index (χ2n) is 8.04. The molecule has 174 valence electrons. The highest BCUT2D eigenvalue weighted by Crippen LogP contribution is 2.23. The predicted molar refractivity (Wildman–Crippen MR) is 137 cm³/mol. The molecular formula is C28H24N4O2S. The van der Waals surface area contributed by atoms with Crippen LogP contribution in [0, 0.1) is 0 Å². The van der Waals surface area contributed by atoms with E-state index in [2.05, 4.69) is 17.1 Å². The summed E-state index contributed by atoms with van der Waals surface area (Å²) >= 11 is 1.63. The smallest absolute Gasteiger partial charge is 0.247 e. The van der Waals surface area contributed by atoms with Crippen LogP contribution in [0.3, 0.4) is 0 Å². The van der Waals surface area contributed by atoms with Crippen molar-refractivity contribution in [1.29, 1.82) is 0 Å². The van der Waals surface area contributed by atoms with E-state index in [1.54, 1.807) is 41.0 Å². The molecule has 0 atom stereocenters. The second kappa shape index (κ2) is 10.8. The highest BCUT2D eigenvalue weighted by molar-refractivity contribution is 7.09. The van der Waals surface area contributed by atoms with Crippen LogP contribution >= 0.6 is 11.3 Å². The summed E-state index contributed by atoms with van der Waals surface area (Å²) in [4.78, 5) is 20.4. The topological polar surface area (TPSA) is 64.2 Å². The number of furan rings is 1. The Balaban J connectivity index is 1.41. The summed E-state index contributed by atoms with van der Waals surface area (Å²) in [6, 6.07) is 21.8. The van der Waals surface area contributed by atoms with Gasteiger partial charge in [0.25, 0.3) is 0 Å². The zero-order valence-corrected chi connectivity index (χ0v) is 19.8. The maximum atomic E-state index is 13.3. The van der Waals surface area contributed by atoms with Crippen LogP contribution in [-0.2, 0) is 24.4 Å². The minimum absolute atomic E-state index is 0.0947. The van der Waals surface area contributed by atoms with E-state index in [0.29, 0.717) is 19.6 Å². The van der Waals surface area contributed by atoms with Gasteiger partial charge in [-0.1, -0.05) is 36.4 Å². The fourth-order valence-corrected chi connectivity index (χ4v) is 4.52. The summed E-state index contributed by atoms with van der Waals surface area (Å²) < 4.78 is 7.40. The number of carbonyl (C=O) groups excluding carboxylic acids is 1. The van der Waals surface area contributed by atoms with Crippen molar-refractivity contribution in [1.82, 2.24) is 19.7 Å². The Hall–Kier alpha value is -4.23. The second-order valence-corrected chi connectivity index (χ2v) is 9.08. The molecule has 6 nitrogen and oxygen atoms in total. The molecule has 35 heavy (non-hydrogen) atoms. The Labute approximate surface area is 207 Å². The van der Waals surface area contributed by atoms with Crippen molar-refractivity contribution in [2.45, 2.75) is 19.6 Å². The monoisotopic (exact) mass is 480 g/mol. The molecule has 0 radical (unpaired) electrons. The minimum atomic E-state index is -0.0947. The number of thiophene rings is 1. The molecule has 1 amide bonds. The van der Waals surface area contributed by atoms with Crippen molar-refractivity contribution in [3.05, 3.63) is 125 Å². The van der Waals surface area contributed by atoms with Crippen molar-refractivity contribution >= 4 is 23.3 Å². The molecule has 0 saturated carbocycles. The Bertz CT molecular complexity index is 1340. The lowest BCUT2D eigenvalue weighted by atomic mass is 10.1. The Morgan fingerprint density at radius 3 is 2.69 bits per heavy atom. The molecule has 1 aromatic carbocycles. The third-order valence-corrected chi connectivity index (χ3v) is 6.34. The average Bonchev–Trinajstić information content (AvgIpc) is 3.66. The van der Waals surface area contributed by atoms with Crippen LogP contribution < -0.4 is 0 Å². The maximum absolute atomic E-state index is 13.3. The lowest BCUT2D eigenvalue weighted by molar-refractivity contribution is -0.127. The molecule has 0 aliphatic rings. The van der Waals surface area contributed by atoms with Gasteiger partial charge in [-0.15, -0.1) is 11.3 Å². The summed E-state index contributed by atoms with van der Waals surface area (Å²) in [5.41, 5.74) is 3.70. The lowest BCUT2D eigenvalue weighted by Crippen LogP contribution is -2.27. The van der Waals surface area contributed by atoms with E-state index in [9.17, 15) is 4.79 Å². The van der Waals surface area contributed by atoms with E-state index >= 15 is 0 Å². The van der Waals surface area contributed by atoms with Gasteiger partial charge in [-0.3, -0.25) is 14.5 Å². The number of amides is 1. The van der Waals surface area contributed by atoms with Crippen molar-refractivity contribution in [3.8, 4) is 11.3 Å². The van der Waals surface area contributed by atoms with Gasteiger partial charge >= 0.3 is 0 Å². The number of carbonyl (C=O) groups is 1. The summed E-state index contributed by atoms with van der Waals surface area (Å²) in [7, 11) is 0. The molecule has 0 bridgehead atoms. The van der Waals surface area contributed by atoms with E-state index in [1.807, 2.05) is 76.9 Å². The number of nitrogens with zero attached hydrogens (tertiary/aromatic N) is 4.